The maximum atomic E-state index is 10.4. The van der Waals surface area contributed by atoms with E-state index >= 15 is 0 Å². The van der Waals surface area contributed by atoms with Gasteiger partial charge in [0.15, 0.2) is 0 Å². The first kappa shape index (κ1) is 10.8. The van der Waals surface area contributed by atoms with Crippen molar-refractivity contribution in [2.75, 3.05) is 12.1 Å². The monoisotopic (exact) mass is 232 g/mol. The van der Waals surface area contributed by atoms with Crippen molar-refractivity contribution < 1.29 is 4.92 Å². The van der Waals surface area contributed by atoms with E-state index in [2.05, 4.69) is 23.0 Å². The van der Waals surface area contributed by atoms with Gasteiger partial charge in [-0.1, -0.05) is 12.2 Å². The molecule has 0 spiro atoms. The number of nitro groups is 1. The molecule has 0 atom stereocenters. The first-order valence-corrected chi connectivity index (χ1v) is 4.42. The Labute approximate surface area is 90.8 Å². The Morgan fingerprint density at radius 2 is 2.50 bits per heavy atom. The lowest BCUT2D eigenvalue weighted by Crippen LogP contribution is -2.36. The maximum absolute atomic E-state index is 10.4. The molecule has 0 saturated heterocycles. The normalized spacial score (nSPS) is 9.57. The summed E-state index contributed by atoms with van der Waals surface area (Å²) >= 11 is 8.56. The topological polar surface area (TPSA) is 74.2 Å². The van der Waals surface area contributed by atoms with Gasteiger partial charge in [-0.05, 0) is 0 Å². The highest BCUT2D eigenvalue weighted by molar-refractivity contribution is 8.11. The molecule has 1 aromatic heterocycles. The van der Waals surface area contributed by atoms with Crippen LogP contribution in [0.15, 0.2) is 12.3 Å². The molecular formula is C6H8N4O2S2. The molecule has 1 aromatic rings. The Morgan fingerprint density at radius 1 is 1.86 bits per heavy atom. The van der Waals surface area contributed by atoms with Crippen molar-refractivity contribution in [3.63, 3.8) is 0 Å². The van der Waals surface area contributed by atoms with E-state index in [0.29, 0.717) is 5.82 Å². The SMILES string of the molecule is CN(NC(=S)S)c1cc([N+](=O)[O-])c[nH]1. The summed E-state index contributed by atoms with van der Waals surface area (Å²) < 4.78 is 0.282. The van der Waals surface area contributed by atoms with Crippen LogP contribution < -0.4 is 10.4 Å². The van der Waals surface area contributed by atoms with E-state index in [0.717, 1.165) is 0 Å². The summed E-state index contributed by atoms with van der Waals surface area (Å²) in [6.45, 7) is 0. The average molecular weight is 232 g/mol. The van der Waals surface area contributed by atoms with Crippen LogP contribution in [-0.2, 0) is 0 Å². The lowest BCUT2D eigenvalue weighted by Gasteiger charge is -2.17. The summed E-state index contributed by atoms with van der Waals surface area (Å²) in [5, 5.41) is 11.9. The third kappa shape index (κ3) is 2.60. The van der Waals surface area contributed by atoms with Crippen LogP contribution in [0.25, 0.3) is 0 Å². The smallest absolute Gasteiger partial charge is 0.288 e. The molecule has 0 bridgehead atoms. The third-order valence-corrected chi connectivity index (χ3v) is 1.68. The Hall–Kier alpha value is -1.28. The Bertz CT molecular complexity index is 364. The quantitative estimate of drug-likeness (QED) is 0.315. The molecule has 14 heavy (non-hydrogen) atoms. The van der Waals surface area contributed by atoms with Gasteiger partial charge in [-0.3, -0.25) is 20.5 Å². The number of anilines is 1. The molecule has 0 unspecified atom stereocenters. The second kappa shape index (κ2) is 4.29. The Kier molecular flexibility index (Phi) is 3.31. The molecule has 0 aliphatic rings. The minimum absolute atomic E-state index is 0.00117. The minimum Gasteiger partial charge on any atom is -0.341 e. The minimum atomic E-state index is -0.479. The van der Waals surface area contributed by atoms with Gasteiger partial charge in [0, 0.05) is 7.05 Å². The van der Waals surface area contributed by atoms with Crippen molar-refractivity contribution in [1.29, 1.82) is 0 Å². The number of rotatable bonds is 3. The molecule has 0 aliphatic carbocycles. The number of nitrogens with one attached hydrogen (secondary N) is 2. The van der Waals surface area contributed by atoms with Crippen molar-refractivity contribution >= 4 is 40.7 Å². The van der Waals surface area contributed by atoms with Crippen LogP contribution in [0, 0.1) is 10.1 Å². The Morgan fingerprint density at radius 3 is 2.93 bits per heavy atom. The van der Waals surface area contributed by atoms with Crippen LogP contribution in [0.5, 0.6) is 0 Å². The number of hydrogen-bond acceptors (Lipinski definition) is 4. The second-order valence-electron chi connectivity index (χ2n) is 2.48. The maximum Gasteiger partial charge on any atom is 0.288 e. The number of hydrogen-bond donors (Lipinski definition) is 3. The predicted octanol–water partition coefficient (Wildman–Crippen LogP) is 1.08. The first-order valence-electron chi connectivity index (χ1n) is 3.57. The fourth-order valence-electron chi connectivity index (χ4n) is 0.874. The number of hydrazine groups is 1. The lowest BCUT2D eigenvalue weighted by atomic mass is 10.5. The van der Waals surface area contributed by atoms with Gasteiger partial charge >= 0.3 is 0 Å². The van der Waals surface area contributed by atoms with Crippen molar-refractivity contribution in [3.8, 4) is 0 Å². The first-order chi connectivity index (χ1) is 6.50. The zero-order chi connectivity index (χ0) is 10.7. The fourth-order valence-corrected chi connectivity index (χ4v) is 1.16. The van der Waals surface area contributed by atoms with Gasteiger partial charge < -0.3 is 4.98 Å². The predicted molar refractivity (Wildman–Crippen MR) is 60.6 cm³/mol. The molecule has 8 heteroatoms. The fraction of sp³-hybridized carbons (Fsp3) is 0.167. The van der Waals surface area contributed by atoms with Crippen LogP contribution in [0.2, 0.25) is 0 Å². The molecule has 0 radical (unpaired) electrons. The van der Waals surface area contributed by atoms with Gasteiger partial charge in [0.1, 0.15) is 10.1 Å². The molecule has 1 rings (SSSR count). The standard InChI is InChI=1S/C6H8N4O2S2/c1-9(8-6(13)14)5-2-4(3-7-5)10(11)12/h2-3,7H,1H3,(H2,8,13,14). The highest BCUT2D eigenvalue weighted by Gasteiger charge is 2.11. The molecule has 0 fully saturated rings. The molecule has 6 nitrogen and oxygen atoms in total. The van der Waals surface area contributed by atoms with Crippen LogP contribution in [0.3, 0.4) is 0 Å². The molecule has 1 heterocycles. The molecule has 0 saturated carbocycles. The summed E-state index contributed by atoms with van der Waals surface area (Å²) in [5.74, 6) is 0.535. The number of aromatic amines is 1. The van der Waals surface area contributed by atoms with Gasteiger partial charge in [0.25, 0.3) is 5.69 Å². The van der Waals surface area contributed by atoms with E-state index in [9.17, 15) is 10.1 Å². The van der Waals surface area contributed by atoms with Crippen LogP contribution in [0.4, 0.5) is 11.5 Å². The van der Waals surface area contributed by atoms with E-state index in [1.54, 1.807) is 7.05 Å². The summed E-state index contributed by atoms with van der Waals surface area (Å²) in [5.41, 5.74) is 2.69. The van der Waals surface area contributed by atoms with Crippen molar-refractivity contribution in [3.05, 3.63) is 22.4 Å². The zero-order valence-electron chi connectivity index (χ0n) is 7.22. The zero-order valence-corrected chi connectivity index (χ0v) is 8.93. The van der Waals surface area contributed by atoms with Gasteiger partial charge in [0.2, 0.25) is 0 Å². The van der Waals surface area contributed by atoms with Crippen molar-refractivity contribution in [2.45, 2.75) is 0 Å². The average Bonchev–Trinajstić information content (AvgIpc) is 2.50. The van der Waals surface area contributed by atoms with Crippen molar-refractivity contribution in [2.24, 2.45) is 0 Å². The lowest BCUT2D eigenvalue weighted by molar-refractivity contribution is -0.384. The van der Waals surface area contributed by atoms with Crippen LogP contribution >= 0.6 is 24.8 Å². The summed E-state index contributed by atoms with van der Waals surface area (Å²) in [6, 6.07) is 1.39. The molecule has 0 aliphatic heterocycles. The molecule has 0 amide bonds. The van der Waals surface area contributed by atoms with Crippen molar-refractivity contribution in [1.82, 2.24) is 10.4 Å². The molecule has 0 aromatic carbocycles. The van der Waals surface area contributed by atoms with Crippen LogP contribution in [0.1, 0.15) is 0 Å². The van der Waals surface area contributed by atoms with E-state index in [1.807, 2.05) is 0 Å². The van der Waals surface area contributed by atoms with Crippen LogP contribution in [-0.4, -0.2) is 21.3 Å². The summed E-state index contributed by atoms with van der Waals surface area (Å²) in [7, 11) is 1.66. The number of thiocarbonyl (C=S) groups is 1. The van der Waals surface area contributed by atoms with Gasteiger partial charge in [0.05, 0.1) is 17.2 Å². The molecule has 76 valence electrons. The van der Waals surface area contributed by atoms with E-state index < -0.39 is 4.92 Å². The van der Waals surface area contributed by atoms with E-state index in [-0.39, 0.29) is 10.0 Å². The number of H-pyrrole nitrogens is 1. The largest absolute Gasteiger partial charge is 0.341 e. The second-order valence-corrected chi connectivity index (χ2v) is 3.63. The summed E-state index contributed by atoms with van der Waals surface area (Å²) in [6.07, 6.45) is 1.30. The molecule has 2 N–H and O–H groups in total. The third-order valence-electron chi connectivity index (χ3n) is 1.49. The summed E-state index contributed by atoms with van der Waals surface area (Å²) in [4.78, 5) is 12.6. The van der Waals surface area contributed by atoms with E-state index in [4.69, 9.17) is 12.2 Å². The van der Waals surface area contributed by atoms with Gasteiger partial charge in [-0.15, -0.1) is 12.6 Å². The number of aromatic nitrogens is 1. The van der Waals surface area contributed by atoms with Gasteiger partial charge in [-0.2, -0.15) is 0 Å². The van der Waals surface area contributed by atoms with Gasteiger partial charge in [-0.25, -0.2) is 0 Å². The number of thiol groups is 1. The molecular weight excluding hydrogens is 224 g/mol. The Balaban J connectivity index is 2.76. The highest BCUT2D eigenvalue weighted by atomic mass is 32.1. The highest BCUT2D eigenvalue weighted by Crippen LogP contribution is 2.17. The number of nitrogens with zero attached hydrogens (tertiary/aromatic N) is 2. The van der Waals surface area contributed by atoms with E-state index in [1.165, 1.54) is 17.3 Å².